The predicted octanol–water partition coefficient (Wildman–Crippen LogP) is 4.43. The molecule has 0 aliphatic carbocycles. The zero-order valence-corrected chi connectivity index (χ0v) is 11.1. The summed E-state index contributed by atoms with van der Waals surface area (Å²) in [7, 11) is 0. The molecule has 1 nitrogen and oxygen atoms in total. The van der Waals surface area contributed by atoms with Gasteiger partial charge in [-0.2, -0.15) is 0 Å². The lowest BCUT2D eigenvalue weighted by atomic mass is 10.0. The Hall–Kier alpha value is 0.140. The molecular weight excluding hydrogens is 260 g/mol. The summed E-state index contributed by atoms with van der Waals surface area (Å²) in [5.41, 5.74) is 1.10. The lowest BCUT2D eigenvalue weighted by molar-refractivity contribution is 0.163. The molecule has 1 unspecified atom stereocenters. The Morgan fingerprint density at radius 1 is 1.50 bits per heavy atom. The van der Waals surface area contributed by atoms with Crippen molar-refractivity contribution in [1.29, 1.82) is 0 Å². The van der Waals surface area contributed by atoms with E-state index in [9.17, 15) is 5.11 Å². The number of hydrogen-bond acceptors (Lipinski definition) is 2. The van der Waals surface area contributed by atoms with Crippen molar-refractivity contribution in [3.05, 3.63) is 20.3 Å². The SMILES string of the molecule is CCCCCC(O)c1cc(Br)sc1C. The standard InChI is InChI=1S/C11H17BrOS/c1-3-4-5-6-10(13)9-7-11(12)14-8(9)2/h7,10,13H,3-6H2,1-2H3. The molecule has 14 heavy (non-hydrogen) atoms. The molecule has 1 atom stereocenters. The van der Waals surface area contributed by atoms with E-state index >= 15 is 0 Å². The van der Waals surface area contributed by atoms with Crippen molar-refractivity contribution in [3.8, 4) is 0 Å². The summed E-state index contributed by atoms with van der Waals surface area (Å²) in [5, 5.41) is 9.93. The molecule has 0 aromatic carbocycles. The van der Waals surface area contributed by atoms with Crippen LogP contribution >= 0.6 is 27.3 Å². The van der Waals surface area contributed by atoms with Gasteiger partial charge in [0.05, 0.1) is 9.89 Å². The van der Waals surface area contributed by atoms with Gasteiger partial charge in [-0.05, 0) is 40.9 Å². The Kier molecular flexibility index (Phi) is 5.13. The minimum absolute atomic E-state index is 0.274. The minimum Gasteiger partial charge on any atom is -0.388 e. The fourth-order valence-corrected chi connectivity index (χ4v) is 3.30. The van der Waals surface area contributed by atoms with Crippen LogP contribution in [0.25, 0.3) is 0 Å². The first-order valence-electron chi connectivity index (χ1n) is 5.09. The maximum atomic E-state index is 9.93. The van der Waals surface area contributed by atoms with Crippen LogP contribution in [0.2, 0.25) is 0 Å². The number of thiophene rings is 1. The third kappa shape index (κ3) is 3.37. The van der Waals surface area contributed by atoms with Gasteiger partial charge in [-0.15, -0.1) is 11.3 Å². The minimum atomic E-state index is -0.274. The Morgan fingerprint density at radius 3 is 2.71 bits per heavy atom. The van der Waals surface area contributed by atoms with E-state index in [1.807, 2.05) is 6.07 Å². The molecule has 1 rings (SSSR count). The van der Waals surface area contributed by atoms with E-state index in [4.69, 9.17) is 0 Å². The highest BCUT2D eigenvalue weighted by Crippen LogP contribution is 2.32. The van der Waals surface area contributed by atoms with Crippen LogP contribution in [-0.4, -0.2) is 5.11 Å². The summed E-state index contributed by atoms with van der Waals surface area (Å²) in [5.74, 6) is 0. The molecule has 1 aromatic rings. The fourth-order valence-electron chi connectivity index (χ4n) is 1.53. The normalized spacial score (nSPS) is 13.1. The third-order valence-corrected chi connectivity index (χ3v) is 3.94. The van der Waals surface area contributed by atoms with Crippen molar-refractivity contribution in [2.45, 2.75) is 45.6 Å². The van der Waals surface area contributed by atoms with Gasteiger partial charge >= 0.3 is 0 Å². The predicted molar refractivity (Wildman–Crippen MR) is 65.9 cm³/mol. The summed E-state index contributed by atoms with van der Waals surface area (Å²) in [6, 6.07) is 2.04. The largest absolute Gasteiger partial charge is 0.388 e. The van der Waals surface area contributed by atoms with Crippen molar-refractivity contribution in [3.63, 3.8) is 0 Å². The summed E-state index contributed by atoms with van der Waals surface area (Å²) >= 11 is 5.13. The van der Waals surface area contributed by atoms with Gasteiger partial charge in [0.1, 0.15) is 0 Å². The van der Waals surface area contributed by atoms with E-state index in [1.165, 1.54) is 17.7 Å². The van der Waals surface area contributed by atoms with E-state index in [0.717, 1.165) is 22.2 Å². The summed E-state index contributed by atoms with van der Waals surface area (Å²) in [6.45, 7) is 4.24. The molecule has 0 aliphatic rings. The number of halogens is 1. The molecule has 0 bridgehead atoms. The van der Waals surface area contributed by atoms with E-state index in [1.54, 1.807) is 11.3 Å². The van der Waals surface area contributed by atoms with E-state index in [-0.39, 0.29) is 6.10 Å². The quantitative estimate of drug-likeness (QED) is 0.789. The number of rotatable bonds is 5. The smallest absolute Gasteiger partial charge is 0.0801 e. The first-order chi connectivity index (χ1) is 6.65. The average molecular weight is 277 g/mol. The monoisotopic (exact) mass is 276 g/mol. The first-order valence-corrected chi connectivity index (χ1v) is 6.70. The second-order valence-electron chi connectivity index (χ2n) is 3.57. The average Bonchev–Trinajstić information content (AvgIpc) is 2.45. The van der Waals surface area contributed by atoms with Crippen molar-refractivity contribution in [2.24, 2.45) is 0 Å². The summed E-state index contributed by atoms with van der Waals surface area (Å²) in [4.78, 5) is 1.22. The zero-order chi connectivity index (χ0) is 10.6. The van der Waals surface area contributed by atoms with Crippen molar-refractivity contribution in [1.82, 2.24) is 0 Å². The van der Waals surface area contributed by atoms with E-state index in [2.05, 4.69) is 29.8 Å². The number of aliphatic hydroxyl groups is 1. The lowest BCUT2D eigenvalue weighted by Gasteiger charge is -2.09. The zero-order valence-electron chi connectivity index (χ0n) is 8.72. The molecule has 0 aliphatic heterocycles. The van der Waals surface area contributed by atoms with Gasteiger partial charge in [0.15, 0.2) is 0 Å². The lowest BCUT2D eigenvalue weighted by Crippen LogP contribution is -1.97. The van der Waals surface area contributed by atoms with Gasteiger partial charge in [0.2, 0.25) is 0 Å². The van der Waals surface area contributed by atoms with Gasteiger partial charge < -0.3 is 5.11 Å². The van der Waals surface area contributed by atoms with Crippen LogP contribution in [0, 0.1) is 6.92 Å². The van der Waals surface area contributed by atoms with Gasteiger partial charge in [0, 0.05) is 4.88 Å². The highest BCUT2D eigenvalue weighted by Gasteiger charge is 2.12. The second kappa shape index (κ2) is 5.89. The maximum absolute atomic E-state index is 9.93. The Morgan fingerprint density at radius 2 is 2.21 bits per heavy atom. The third-order valence-electron chi connectivity index (χ3n) is 2.37. The van der Waals surface area contributed by atoms with Crippen LogP contribution < -0.4 is 0 Å². The highest BCUT2D eigenvalue weighted by atomic mass is 79.9. The molecule has 1 N–H and O–H groups in total. The van der Waals surface area contributed by atoms with Crippen molar-refractivity contribution in [2.75, 3.05) is 0 Å². The maximum Gasteiger partial charge on any atom is 0.0801 e. The number of aliphatic hydroxyl groups excluding tert-OH is 1. The molecule has 1 heterocycles. The fraction of sp³-hybridized carbons (Fsp3) is 0.636. The summed E-state index contributed by atoms with van der Waals surface area (Å²) in [6.07, 6.45) is 4.15. The molecule has 1 aromatic heterocycles. The van der Waals surface area contributed by atoms with Gasteiger partial charge in [-0.25, -0.2) is 0 Å². The van der Waals surface area contributed by atoms with Crippen LogP contribution in [0.5, 0.6) is 0 Å². The van der Waals surface area contributed by atoms with Crippen molar-refractivity contribution >= 4 is 27.3 Å². The molecule has 0 radical (unpaired) electrons. The van der Waals surface area contributed by atoms with Gasteiger partial charge in [-0.3, -0.25) is 0 Å². The number of unbranched alkanes of at least 4 members (excludes halogenated alkanes) is 2. The number of hydrogen-bond donors (Lipinski definition) is 1. The van der Waals surface area contributed by atoms with Crippen LogP contribution in [-0.2, 0) is 0 Å². The van der Waals surface area contributed by atoms with Gasteiger partial charge in [0.25, 0.3) is 0 Å². The molecule has 0 spiro atoms. The van der Waals surface area contributed by atoms with Gasteiger partial charge in [-0.1, -0.05) is 26.2 Å². The highest BCUT2D eigenvalue weighted by molar-refractivity contribution is 9.11. The van der Waals surface area contributed by atoms with Crippen molar-refractivity contribution < 1.29 is 5.11 Å². The number of aryl methyl sites for hydroxylation is 1. The summed E-state index contributed by atoms with van der Waals surface area (Å²) < 4.78 is 1.11. The Bertz CT molecular complexity index is 283. The molecule has 0 saturated carbocycles. The molecule has 0 saturated heterocycles. The topological polar surface area (TPSA) is 20.2 Å². The van der Waals surface area contributed by atoms with E-state index < -0.39 is 0 Å². The molecular formula is C11H17BrOS. The van der Waals surface area contributed by atoms with E-state index in [0.29, 0.717) is 0 Å². The molecule has 0 fully saturated rings. The van der Waals surface area contributed by atoms with Crippen LogP contribution in [0.1, 0.15) is 49.2 Å². The molecule has 3 heteroatoms. The van der Waals surface area contributed by atoms with Crippen LogP contribution in [0.3, 0.4) is 0 Å². The Labute approximate surface area is 98.3 Å². The van der Waals surface area contributed by atoms with Crippen LogP contribution in [0.15, 0.2) is 9.85 Å². The molecule has 80 valence electrons. The second-order valence-corrected chi connectivity index (χ2v) is 6.21. The Balaban J connectivity index is 2.51. The first kappa shape index (κ1) is 12.2. The molecule has 0 amide bonds. The van der Waals surface area contributed by atoms with Crippen LogP contribution in [0.4, 0.5) is 0 Å².